The van der Waals surface area contributed by atoms with E-state index in [1.54, 1.807) is 0 Å². The van der Waals surface area contributed by atoms with Gasteiger partial charge in [-0.2, -0.15) is 5.10 Å². The van der Waals surface area contributed by atoms with Gasteiger partial charge in [0, 0.05) is 5.02 Å². The first kappa shape index (κ1) is 12.3. The van der Waals surface area contributed by atoms with Crippen LogP contribution in [0.3, 0.4) is 0 Å². The van der Waals surface area contributed by atoms with Crippen molar-refractivity contribution < 1.29 is 14.6 Å². The summed E-state index contributed by atoms with van der Waals surface area (Å²) in [6, 6.07) is 4.43. The molecule has 0 aliphatic carbocycles. The Morgan fingerprint density at radius 3 is 2.94 bits per heavy atom. The van der Waals surface area contributed by atoms with Gasteiger partial charge < -0.3 is 15.6 Å². The Hall–Kier alpha value is -2.21. The van der Waals surface area contributed by atoms with Crippen LogP contribution in [0.15, 0.2) is 24.4 Å². The average Bonchev–Trinajstić information content (AvgIpc) is 2.73. The quantitative estimate of drug-likeness (QED) is 0.807. The van der Waals surface area contributed by atoms with E-state index in [2.05, 4.69) is 9.84 Å². The number of nitrogen functional groups attached to an aromatic ring is 1. The molecule has 2 rings (SSSR count). The number of esters is 1. The third kappa shape index (κ3) is 1.98. The van der Waals surface area contributed by atoms with Crippen molar-refractivity contribution >= 4 is 23.4 Å². The minimum absolute atomic E-state index is 0.0504. The van der Waals surface area contributed by atoms with Crippen LogP contribution >= 0.6 is 11.6 Å². The third-order valence-corrected chi connectivity index (χ3v) is 2.61. The summed E-state index contributed by atoms with van der Waals surface area (Å²) in [6.45, 7) is 0. The van der Waals surface area contributed by atoms with Gasteiger partial charge in [-0.05, 0) is 18.2 Å². The Balaban J connectivity index is 2.55. The molecule has 0 atom stereocenters. The van der Waals surface area contributed by atoms with Crippen molar-refractivity contribution in [2.24, 2.45) is 0 Å². The largest absolute Gasteiger partial charge is 0.506 e. The summed E-state index contributed by atoms with van der Waals surface area (Å²) < 4.78 is 5.78. The van der Waals surface area contributed by atoms with Gasteiger partial charge in [0.15, 0.2) is 0 Å². The van der Waals surface area contributed by atoms with Crippen LogP contribution in [0.25, 0.3) is 5.69 Å². The lowest BCUT2D eigenvalue weighted by Gasteiger charge is -2.07. The summed E-state index contributed by atoms with van der Waals surface area (Å²) >= 11 is 5.83. The molecule has 0 bridgehead atoms. The molecule has 7 heteroatoms. The van der Waals surface area contributed by atoms with Crippen LogP contribution in [0.4, 0.5) is 5.82 Å². The van der Waals surface area contributed by atoms with Crippen molar-refractivity contribution in [2.75, 3.05) is 12.8 Å². The van der Waals surface area contributed by atoms with Crippen molar-refractivity contribution in [2.45, 2.75) is 0 Å². The zero-order valence-corrected chi connectivity index (χ0v) is 10.2. The second-order valence-corrected chi connectivity index (χ2v) is 3.92. The minimum atomic E-state index is -0.597. The second kappa shape index (κ2) is 4.58. The highest BCUT2D eigenvalue weighted by Gasteiger charge is 2.18. The van der Waals surface area contributed by atoms with Gasteiger partial charge >= 0.3 is 5.97 Å². The van der Waals surface area contributed by atoms with Gasteiger partial charge in [-0.25, -0.2) is 9.48 Å². The van der Waals surface area contributed by atoms with E-state index >= 15 is 0 Å². The summed E-state index contributed by atoms with van der Waals surface area (Å²) in [6.07, 6.45) is 1.27. The van der Waals surface area contributed by atoms with Crippen LogP contribution in [0.1, 0.15) is 10.4 Å². The van der Waals surface area contributed by atoms with Crippen LogP contribution in [0, 0.1) is 0 Å². The first-order valence-corrected chi connectivity index (χ1v) is 5.33. The molecule has 0 radical (unpaired) electrons. The van der Waals surface area contributed by atoms with Crippen molar-refractivity contribution in [3.8, 4) is 11.4 Å². The van der Waals surface area contributed by atoms with E-state index in [4.69, 9.17) is 17.3 Å². The molecule has 1 aromatic heterocycles. The van der Waals surface area contributed by atoms with Crippen molar-refractivity contribution in [1.82, 2.24) is 9.78 Å². The van der Waals surface area contributed by atoms with E-state index in [0.717, 1.165) is 0 Å². The summed E-state index contributed by atoms with van der Waals surface area (Å²) in [5, 5.41) is 14.1. The fourth-order valence-electron chi connectivity index (χ4n) is 1.48. The number of aromatic hydroxyl groups is 1. The Bertz CT molecular complexity index is 610. The monoisotopic (exact) mass is 267 g/mol. The van der Waals surface area contributed by atoms with Gasteiger partial charge in [0.2, 0.25) is 0 Å². The maximum absolute atomic E-state index is 11.4. The third-order valence-electron chi connectivity index (χ3n) is 2.38. The van der Waals surface area contributed by atoms with E-state index in [9.17, 15) is 9.90 Å². The molecule has 0 fully saturated rings. The van der Waals surface area contributed by atoms with E-state index in [0.29, 0.717) is 5.02 Å². The predicted molar refractivity (Wildman–Crippen MR) is 66.0 cm³/mol. The van der Waals surface area contributed by atoms with Crippen molar-refractivity contribution in [3.05, 3.63) is 35.0 Å². The summed E-state index contributed by atoms with van der Waals surface area (Å²) in [7, 11) is 1.25. The number of hydrogen-bond donors (Lipinski definition) is 2. The molecule has 2 aromatic rings. The molecule has 94 valence electrons. The number of phenolic OH excluding ortho intramolecular Hbond substituents is 1. The summed E-state index contributed by atoms with van der Waals surface area (Å²) in [4.78, 5) is 11.4. The lowest BCUT2D eigenvalue weighted by molar-refractivity contribution is 0.0602. The lowest BCUT2D eigenvalue weighted by atomic mass is 10.3. The number of hydrogen-bond acceptors (Lipinski definition) is 5. The molecule has 0 saturated carbocycles. The number of methoxy groups -OCH3 is 1. The number of ether oxygens (including phenoxy) is 1. The molecule has 0 unspecified atom stereocenters. The maximum atomic E-state index is 11.4. The molecular formula is C11H10ClN3O3. The second-order valence-electron chi connectivity index (χ2n) is 3.48. The highest BCUT2D eigenvalue weighted by atomic mass is 35.5. The predicted octanol–water partition coefficient (Wildman–Crippen LogP) is 1.60. The summed E-state index contributed by atoms with van der Waals surface area (Å²) in [5.74, 6) is -0.578. The first-order valence-electron chi connectivity index (χ1n) is 4.95. The lowest BCUT2D eigenvalue weighted by Crippen LogP contribution is -2.07. The number of benzene rings is 1. The number of rotatable bonds is 2. The normalized spacial score (nSPS) is 10.3. The molecular weight excluding hydrogens is 258 g/mol. The SMILES string of the molecule is COC(=O)c1cnn(-c2cc(Cl)ccc2O)c1N. The van der Waals surface area contributed by atoms with Crippen LogP contribution in [0.5, 0.6) is 5.75 Å². The van der Waals surface area contributed by atoms with E-state index in [1.165, 1.54) is 36.2 Å². The molecule has 0 aliphatic heterocycles. The Morgan fingerprint density at radius 2 is 2.28 bits per heavy atom. The van der Waals surface area contributed by atoms with E-state index in [1.807, 2.05) is 0 Å². The molecule has 0 aliphatic rings. The number of nitrogens with zero attached hydrogens (tertiary/aromatic N) is 2. The fourth-order valence-corrected chi connectivity index (χ4v) is 1.65. The number of anilines is 1. The Kier molecular flexibility index (Phi) is 3.12. The Morgan fingerprint density at radius 1 is 1.56 bits per heavy atom. The van der Waals surface area contributed by atoms with Gasteiger partial charge in [-0.3, -0.25) is 0 Å². The zero-order chi connectivity index (χ0) is 13.3. The van der Waals surface area contributed by atoms with Gasteiger partial charge in [0.1, 0.15) is 22.8 Å². The van der Waals surface area contributed by atoms with Crippen molar-refractivity contribution in [3.63, 3.8) is 0 Å². The highest BCUT2D eigenvalue weighted by Crippen LogP contribution is 2.27. The fraction of sp³-hybridized carbons (Fsp3) is 0.0909. The molecule has 18 heavy (non-hydrogen) atoms. The topological polar surface area (TPSA) is 90.4 Å². The Labute approximate surface area is 108 Å². The number of nitrogens with two attached hydrogens (primary N) is 1. The number of carbonyl (C=O) groups excluding carboxylic acids is 1. The molecule has 0 saturated heterocycles. The smallest absolute Gasteiger partial charge is 0.343 e. The van der Waals surface area contributed by atoms with Crippen LogP contribution < -0.4 is 5.73 Å². The standard InChI is InChI=1S/C11H10ClN3O3/c1-18-11(17)7-5-14-15(10(7)13)8-4-6(12)2-3-9(8)16/h2-5,16H,13H2,1H3. The van der Waals surface area contributed by atoms with Gasteiger partial charge in [0.05, 0.1) is 13.3 Å². The molecule has 1 aromatic carbocycles. The first-order chi connectivity index (χ1) is 8.54. The minimum Gasteiger partial charge on any atom is -0.506 e. The average molecular weight is 268 g/mol. The van der Waals surface area contributed by atoms with Crippen LogP contribution in [0.2, 0.25) is 5.02 Å². The molecule has 0 spiro atoms. The number of aromatic nitrogens is 2. The van der Waals surface area contributed by atoms with E-state index < -0.39 is 5.97 Å². The molecule has 1 heterocycles. The van der Waals surface area contributed by atoms with Crippen LogP contribution in [-0.2, 0) is 4.74 Å². The maximum Gasteiger partial charge on any atom is 0.343 e. The van der Waals surface area contributed by atoms with Gasteiger partial charge in [-0.1, -0.05) is 11.6 Å². The van der Waals surface area contributed by atoms with Crippen LogP contribution in [-0.4, -0.2) is 28.0 Å². The molecule has 0 amide bonds. The zero-order valence-electron chi connectivity index (χ0n) is 9.42. The number of halogens is 1. The van der Waals surface area contributed by atoms with Gasteiger partial charge in [-0.15, -0.1) is 0 Å². The van der Waals surface area contributed by atoms with Crippen molar-refractivity contribution in [1.29, 1.82) is 0 Å². The number of carbonyl (C=O) groups is 1. The van der Waals surface area contributed by atoms with Gasteiger partial charge in [0.25, 0.3) is 0 Å². The molecule has 3 N–H and O–H groups in total. The highest BCUT2D eigenvalue weighted by molar-refractivity contribution is 6.30. The molecule has 6 nitrogen and oxygen atoms in total. The van der Waals surface area contributed by atoms with E-state index in [-0.39, 0.29) is 22.8 Å². The summed E-state index contributed by atoms with van der Waals surface area (Å²) in [5.41, 5.74) is 6.19. The number of phenols is 1.